The zero-order valence-corrected chi connectivity index (χ0v) is 13.4. The van der Waals surface area contributed by atoms with Crippen molar-refractivity contribution in [1.82, 2.24) is 4.98 Å². The number of nitrogens with zero attached hydrogens (tertiary/aromatic N) is 2. The molecule has 1 aliphatic rings. The van der Waals surface area contributed by atoms with Gasteiger partial charge in [0, 0.05) is 29.3 Å². The molecule has 2 aromatic rings. The summed E-state index contributed by atoms with van der Waals surface area (Å²) in [4.78, 5) is 16.5. The Morgan fingerprint density at radius 3 is 3.04 bits per heavy atom. The molecule has 24 heavy (non-hydrogen) atoms. The van der Waals surface area contributed by atoms with Gasteiger partial charge in [-0.3, -0.25) is 4.79 Å². The van der Waals surface area contributed by atoms with Crippen molar-refractivity contribution in [1.29, 1.82) is 5.26 Å². The molecule has 0 radical (unpaired) electrons. The second-order valence-corrected chi connectivity index (χ2v) is 5.68. The minimum atomic E-state index is -0.372. The van der Waals surface area contributed by atoms with Gasteiger partial charge in [-0.05, 0) is 24.3 Å². The number of aromatic nitrogens is 1. The number of ether oxygens (including phenoxy) is 2. The van der Waals surface area contributed by atoms with E-state index < -0.39 is 0 Å². The third kappa shape index (κ3) is 3.82. The van der Waals surface area contributed by atoms with Gasteiger partial charge >= 0.3 is 0 Å². The summed E-state index contributed by atoms with van der Waals surface area (Å²) in [6.45, 7) is 1.18. The average molecular weight is 344 g/mol. The van der Waals surface area contributed by atoms with Crippen molar-refractivity contribution < 1.29 is 14.3 Å². The van der Waals surface area contributed by atoms with Crippen LogP contribution in [0.15, 0.2) is 36.5 Å². The number of benzene rings is 1. The largest absolute Gasteiger partial charge is 0.472 e. The highest BCUT2D eigenvalue weighted by Gasteiger charge is 2.18. The predicted molar refractivity (Wildman–Crippen MR) is 88.2 cm³/mol. The highest BCUT2D eigenvalue weighted by Crippen LogP contribution is 2.22. The van der Waals surface area contributed by atoms with Crippen molar-refractivity contribution in [2.24, 2.45) is 0 Å². The minimum absolute atomic E-state index is 0.0473. The average Bonchev–Trinajstić information content (AvgIpc) is 3.08. The van der Waals surface area contributed by atoms with E-state index in [1.54, 1.807) is 24.3 Å². The number of amides is 1. The molecule has 2 heterocycles. The van der Waals surface area contributed by atoms with Gasteiger partial charge < -0.3 is 14.8 Å². The lowest BCUT2D eigenvalue weighted by Gasteiger charge is -2.12. The van der Waals surface area contributed by atoms with Crippen LogP contribution in [-0.4, -0.2) is 30.2 Å². The van der Waals surface area contributed by atoms with Crippen molar-refractivity contribution >= 4 is 23.2 Å². The molecule has 1 N–H and O–H groups in total. The number of carbonyl (C=O) groups excluding carboxylic acids is 1. The fourth-order valence-electron chi connectivity index (χ4n) is 2.30. The third-order valence-corrected chi connectivity index (χ3v) is 3.76. The fraction of sp³-hybridized carbons (Fsp3) is 0.235. The SMILES string of the molecule is N#Cc1ccc(Cl)cc1NC(=O)c1ccnc(O[C@@H]2CCOC2)c1. The Labute approximate surface area is 144 Å². The van der Waals surface area contributed by atoms with Gasteiger partial charge in [0.1, 0.15) is 12.2 Å². The molecule has 3 rings (SSSR count). The van der Waals surface area contributed by atoms with Gasteiger partial charge in [0.2, 0.25) is 5.88 Å². The zero-order valence-electron chi connectivity index (χ0n) is 12.7. The highest BCUT2D eigenvalue weighted by molar-refractivity contribution is 6.31. The van der Waals surface area contributed by atoms with Gasteiger partial charge in [0.15, 0.2) is 0 Å². The van der Waals surface area contributed by atoms with Crippen LogP contribution in [-0.2, 0) is 4.74 Å². The maximum atomic E-state index is 12.4. The van der Waals surface area contributed by atoms with Crippen molar-refractivity contribution in [2.45, 2.75) is 12.5 Å². The lowest BCUT2D eigenvalue weighted by molar-refractivity contribution is 0.102. The Morgan fingerprint density at radius 1 is 1.42 bits per heavy atom. The molecule has 1 fully saturated rings. The van der Waals surface area contributed by atoms with E-state index in [1.807, 2.05) is 6.07 Å². The Kier molecular flexibility index (Phi) is 4.94. The number of hydrogen-bond donors (Lipinski definition) is 1. The molecular weight excluding hydrogens is 330 g/mol. The Balaban J connectivity index is 1.75. The van der Waals surface area contributed by atoms with Crippen molar-refractivity contribution in [2.75, 3.05) is 18.5 Å². The summed E-state index contributed by atoms with van der Waals surface area (Å²) in [5.41, 5.74) is 1.07. The van der Waals surface area contributed by atoms with Crippen LogP contribution < -0.4 is 10.1 Å². The zero-order chi connectivity index (χ0) is 16.9. The quantitative estimate of drug-likeness (QED) is 0.922. The summed E-state index contributed by atoms with van der Waals surface area (Å²) < 4.78 is 10.9. The Morgan fingerprint density at radius 2 is 2.29 bits per heavy atom. The van der Waals surface area contributed by atoms with Gasteiger partial charge in [-0.1, -0.05) is 11.6 Å². The standard InChI is InChI=1S/C17H14ClN3O3/c18-13-2-1-12(9-19)15(8-13)21-17(22)11-3-5-20-16(7-11)24-14-4-6-23-10-14/h1-3,5,7-8,14H,4,6,10H2,(H,21,22)/t14-/m1/s1. The molecule has 1 aromatic carbocycles. The first kappa shape index (κ1) is 16.2. The van der Waals surface area contributed by atoms with Crippen molar-refractivity contribution in [3.63, 3.8) is 0 Å². The summed E-state index contributed by atoms with van der Waals surface area (Å²) >= 11 is 5.92. The molecule has 1 amide bonds. The van der Waals surface area contributed by atoms with Crippen LogP contribution in [0.25, 0.3) is 0 Å². The molecule has 1 aromatic heterocycles. The molecule has 0 saturated carbocycles. The first-order chi connectivity index (χ1) is 11.7. The normalized spacial score (nSPS) is 16.4. The first-order valence-corrected chi connectivity index (χ1v) is 7.75. The monoisotopic (exact) mass is 343 g/mol. The van der Waals surface area contributed by atoms with E-state index in [1.165, 1.54) is 12.3 Å². The number of hydrogen-bond acceptors (Lipinski definition) is 5. The Hall–Kier alpha value is -2.62. The summed E-state index contributed by atoms with van der Waals surface area (Å²) in [5.74, 6) is -0.00607. The van der Waals surface area contributed by atoms with E-state index in [-0.39, 0.29) is 12.0 Å². The first-order valence-electron chi connectivity index (χ1n) is 7.37. The highest BCUT2D eigenvalue weighted by atomic mass is 35.5. The lowest BCUT2D eigenvalue weighted by atomic mass is 10.1. The van der Waals surface area contributed by atoms with E-state index in [4.69, 9.17) is 26.3 Å². The molecule has 0 unspecified atom stereocenters. The topological polar surface area (TPSA) is 84.2 Å². The summed E-state index contributed by atoms with van der Waals surface area (Å²) in [7, 11) is 0. The van der Waals surface area contributed by atoms with Gasteiger partial charge in [0.05, 0.1) is 24.5 Å². The number of halogens is 1. The molecular formula is C17H14ClN3O3. The smallest absolute Gasteiger partial charge is 0.255 e. The lowest BCUT2D eigenvalue weighted by Crippen LogP contribution is -2.17. The van der Waals surface area contributed by atoms with E-state index >= 15 is 0 Å². The predicted octanol–water partition coefficient (Wildman–Crippen LogP) is 3.03. The van der Waals surface area contributed by atoms with Crippen LogP contribution in [0.1, 0.15) is 22.3 Å². The molecule has 1 atom stereocenters. The minimum Gasteiger partial charge on any atom is -0.472 e. The third-order valence-electron chi connectivity index (χ3n) is 3.52. The molecule has 0 aliphatic carbocycles. The number of rotatable bonds is 4. The second kappa shape index (κ2) is 7.30. The molecule has 1 aliphatic heterocycles. The molecule has 0 spiro atoms. The molecule has 1 saturated heterocycles. The van der Waals surface area contributed by atoms with E-state index in [2.05, 4.69) is 10.3 Å². The van der Waals surface area contributed by atoms with Gasteiger partial charge in [-0.15, -0.1) is 0 Å². The number of nitrogens with one attached hydrogen (secondary N) is 1. The maximum absolute atomic E-state index is 12.4. The molecule has 6 nitrogen and oxygen atoms in total. The summed E-state index contributed by atoms with van der Waals surface area (Å²) in [6.07, 6.45) is 2.25. The van der Waals surface area contributed by atoms with Gasteiger partial charge in [-0.25, -0.2) is 4.98 Å². The van der Waals surface area contributed by atoms with Crippen LogP contribution in [0.5, 0.6) is 5.88 Å². The van der Waals surface area contributed by atoms with Crippen LogP contribution in [0.4, 0.5) is 5.69 Å². The van der Waals surface area contributed by atoms with Crippen LogP contribution in [0.3, 0.4) is 0 Å². The fourth-order valence-corrected chi connectivity index (χ4v) is 2.48. The Bertz CT molecular complexity index is 798. The number of carbonyl (C=O) groups is 1. The molecule has 122 valence electrons. The van der Waals surface area contributed by atoms with Crippen molar-refractivity contribution in [3.05, 3.63) is 52.7 Å². The van der Waals surface area contributed by atoms with E-state index in [9.17, 15) is 4.79 Å². The van der Waals surface area contributed by atoms with Crippen LogP contribution in [0, 0.1) is 11.3 Å². The summed E-state index contributed by atoms with van der Waals surface area (Å²) in [5, 5.41) is 12.2. The van der Waals surface area contributed by atoms with Crippen LogP contribution >= 0.6 is 11.6 Å². The number of nitriles is 1. The summed E-state index contributed by atoms with van der Waals surface area (Å²) in [6, 6.07) is 9.83. The van der Waals surface area contributed by atoms with E-state index in [0.717, 1.165) is 6.42 Å². The van der Waals surface area contributed by atoms with Gasteiger partial charge in [-0.2, -0.15) is 5.26 Å². The maximum Gasteiger partial charge on any atom is 0.255 e. The molecule has 0 bridgehead atoms. The molecule has 7 heteroatoms. The van der Waals surface area contributed by atoms with Crippen LogP contribution in [0.2, 0.25) is 5.02 Å². The van der Waals surface area contributed by atoms with E-state index in [0.29, 0.717) is 40.9 Å². The second-order valence-electron chi connectivity index (χ2n) is 5.24. The van der Waals surface area contributed by atoms with Crippen molar-refractivity contribution in [3.8, 4) is 11.9 Å². The number of pyridine rings is 1. The van der Waals surface area contributed by atoms with Gasteiger partial charge in [0.25, 0.3) is 5.91 Å². The number of anilines is 1.